The van der Waals surface area contributed by atoms with Crippen LogP contribution in [0.1, 0.15) is 25.5 Å². The molecule has 0 aliphatic carbocycles. The Balaban J connectivity index is 3.12. The van der Waals surface area contributed by atoms with Crippen molar-refractivity contribution in [3.8, 4) is 11.5 Å². The van der Waals surface area contributed by atoms with Gasteiger partial charge in [0.05, 0.1) is 20.8 Å². The van der Waals surface area contributed by atoms with Crippen molar-refractivity contribution in [3.05, 3.63) is 23.8 Å². The van der Waals surface area contributed by atoms with E-state index in [-0.39, 0.29) is 12.1 Å². The number of hydrogen-bond donors (Lipinski definition) is 1. The maximum absolute atomic E-state index is 6.03. The van der Waals surface area contributed by atoms with E-state index >= 15 is 0 Å². The van der Waals surface area contributed by atoms with E-state index in [0.29, 0.717) is 13.2 Å². The first-order valence-electron chi connectivity index (χ1n) is 7.28. The van der Waals surface area contributed by atoms with Crippen molar-refractivity contribution in [1.82, 2.24) is 4.90 Å². The van der Waals surface area contributed by atoms with Gasteiger partial charge in [0.1, 0.15) is 11.5 Å². The molecule has 0 aliphatic heterocycles. The van der Waals surface area contributed by atoms with E-state index in [2.05, 4.69) is 18.7 Å². The van der Waals surface area contributed by atoms with Gasteiger partial charge in [0, 0.05) is 31.8 Å². The van der Waals surface area contributed by atoms with Gasteiger partial charge >= 0.3 is 0 Å². The zero-order chi connectivity index (χ0) is 15.8. The van der Waals surface area contributed by atoms with Crippen LogP contribution in [-0.2, 0) is 4.74 Å². The van der Waals surface area contributed by atoms with Gasteiger partial charge in [-0.25, -0.2) is 0 Å². The average Bonchev–Trinajstić information content (AvgIpc) is 2.51. The van der Waals surface area contributed by atoms with Crippen LogP contribution < -0.4 is 15.2 Å². The van der Waals surface area contributed by atoms with Crippen molar-refractivity contribution < 1.29 is 14.2 Å². The lowest BCUT2D eigenvalue weighted by atomic mass is 10.0. The predicted octanol–water partition coefficient (Wildman–Crippen LogP) is 2.06. The SMILES string of the molecule is CCN(C(C)COC)C(CN)c1cc(OC)cc(OC)c1. The van der Waals surface area contributed by atoms with Crippen LogP contribution in [-0.4, -0.2) is 52.0 Å². The molecule has 5 nitrogen and oxygen atoms in total. The first-order valence-corrected chi connectivity index (χ1v) is 7.28. The van der Waals surface area contributed by atoms with Crippen LogP contribution in [0.4, 0.5) is 0 Å². The largest absolute Gasteiger partial charge is 0.497 e. The highest BCUT2D eigenvalue weighted by Crippen LogP contribution is 2.30. The molecule has 1 aromatic rings. The van der Waals surface area contributed by atoms with Crippen molar-refractivity contribution >= 4 is 0 Å². The van der Waals surface area contributed by atoms with Crippen LogP contribution in [0, 0.1) is 0 Å². The fourth-order valence-corrected chi connectivity index (χ4v) is 2.66. The molecule has 0 bridgehead atoms. The minimum absolute atomic E-state index is 0.101. The Hall–Kier alpha value is -1.30. The zero-order valence-electron chi connectivity index (χ0n) is 13.8. The van der Waals surface area contributed by atoms with Crippen molar-refractivity contribution in [1.29, 1.82) is 0 Å². The summed E-state index contributed by atoms with van der Waals surface area (Å²) in [5.74, 6) is 1.55. The molecule has 0 radical (unpaired) electrons. The standard InChI is InChI=1S/C16H28N2O3/c1-6-18(12(2)11-19-3)16(10-17)13-7-14(20-4)9-15(8-13)21-5/h7-9,12,16H,6,10-11,17H2,1-5H3. The highest BCUT2D eigenvalue weighted by atomic mass is 16.5. The average molecular weight is 296 g/mol. The number of likely N-dealkylation sites (N-methyl/N-ethyl adjacent to an activating group) is 1. The van der Waals surface area contributed by atoms with Crippen LogP contribution in [0.2, 0.25) is 0 Å². The minimum atomic E-state index is 0.101. The summed E-state index contributed by atoms with van der Waals surface area (Å²) in [4.78, 5) is 2.33. The third-order valence-electron chi connectivity index (χ3n) is 3.72. The van der Waals surface area contributed by atoms with Crippen molar-refractivity contribution in [2.24, 2.45) is 5.73 Å². The van der Waals surface area contributed by atoms with E-state index in [9.17, 15) is 0 Å². The van der Waals surface area contributed by atoms with Crippen molar-refractivity contribution in [3.63, 3.8) is 0 Å². The Kier molecular flexibility index (Phi) is 7.50. The fourth-order valence-electron chi connectivity index (χ4n) is 2.66. The Morgan fingerprint density at radius 2 is 1.67 bits per heavy atom. The van der Waals surface area contributed by atoms with Gasteiger partial charge in [-0.1, -0.05) is 6.92 Å². The Labute approximate surface area is 128 Å². The number of hydrogen-bond acceptors (Lipinski definition) is 5. The van der Waals surface area contributed by atoms with E-state index in [4.69, 9.17) is 19.9 Å². The second kappa shape index (κ2) is 8.87. The number of nitrogens with zero attached hydrogens (tertiary/aromatic N) is 1. The number of benzene rings is 1. The molecule has 21 heavy (non-hydrogen) atoms. The first kappa shape index (κ1) is 17.8. The van der Waals surface area contributed by atoms with Crippen LogP contribution >= 0.6 is 0 Å². The van der Waals surface area contributed by atoms with Crippen LogP contribution in [0.25, 0.3) is 0 Å². The van der Waals surface area contributed by atoms with Gasteiger partial charge in [-0.05, 0) is 31.2 Å². The molecule has 0 saturated heterocycles. The highest BCUT2D eigenvalue weighted by molar-refractivity contribution is 5.40. The van der Waals surface area contributed by atoms with E-state index in [1.807, 2.05) is 18.2 Å². The number of methoxy groups -OCH3 is 3. The van der Waals surface area contributed by atoms with Crippen molar-refractivity contribution in [2.75, 3.05) is 41.0 Å². The number of ether oxygens (including phenoxy) is 3. The predicted molar refractivity (Wildman–Crippen MR) is 85.1 cm³/mol. The molecule has 0 heterocycles. The van der Waals surface area contributed by atoms with Gasteiger partial charge < -0.3 is 19.9 Å². The van der Waals surface area contributed by atoms with Gasteiger partial charge in [-0.2, -0.15) is 0 Å². The smallest absolute Gasteiger partial charge is 0.122 e. The molecule has 2 unspecified atom stereocenters. The van der Waals surface area contributed by atoms with Crippen molar-refractivity contribution in [2.45, 2.75) is 25.9 Å². The lowest BCUT2D eigenvalue weighted by Gasteiger charge is -2.35. The molecule has 0 aliphatic rings. The molecule has 5 heteroatoms. The first-order chi connectivity index (χ1) is 10.1. The second-order valence-corrected chi connectivity index (χ2v) is 5.03. The number of nitrogens with two attached hydrogens (primary N) is 1. The third kappa shape index (κ3) is 4.59. The van der Waals surface area contributed by atoms with E-state index in [1.165, 1.54) is 0 Å². The molecule has 0 aromatic heterocycles. The lowest BCUT2D eigenvalue weighted by molar-refractivity contribution is 0.0750. The van der Waals surface area contributed by atoms with Crippen LogP contribution in [0.3, 0.4) is 0 Å². The molecule has 0 saturated carbocycles. The monoisotopic (exact) mass is 296 g/mol. The summed E-state index contributed by atoms with van der Waals surface area (Å²) in [6.07, 6.45) is 0. The maximum Gasteiger partial charge on any atom is 0.122 e. The molecule has 0 amide bonds. The summed E-state index contributed by atoms with van der Waals surface area (Å²) in [5, 5.41) is 0. The van der Waals surface area contributed by atoms with Crippen LogP contribution in [0.15, 0.2) is 18.2 Å². The second-order valence-electron chi connectivity index (χ2n) is 5.03. The molecular formula is C16H28N2O3. The Morgan fingerprint density at radius 1 is 1.10 bits per heavy atom. The zero-order valence-corrected chi connectivity index (χ0v) is 13.8. The Morgan fingerprint density at radius 3 is 2.05 bits per heavy atom. The topological polar surface area (TPSA) is 57.0 Å². The van der Waals surface area contributed by atoms with E-state index in [0.717, 1.165) is 23.6 Å². The maximum atomic E-state index is 6.03. The minimum Gasteiger partial charge on any atom is -0.497 e. The molecule has 0 fully saturated rings. The third-order valence-corrected chi connectivity index (χ3v) is 3.72. The quantitative estimate of drug-likeness (QED) is 0.756. The molecule has 2 atom stereocenters. The summed E-state index contributed by atoms with van der Waals surface area (Å²) >= 11 is 0. The summed E-state index contributed by atoms with van der Waals surface area (Å²) in [7, 11) is 5.03. The molecular weight excluding hydrogens is 268 g/mol. The summed E-state index contributed by atoms with van der Waals surface area (Å²) < 4.78 is 16.0. The van der Waals surface area contributed by atoms with Gasteiger partial charge in [0.2, 0.25) is 0 Å². The highest BCUT2D eigenvalue weighted by Gasteiger charge is 2.23. The fraction of sp³-hybridized carbons (Fsp3) is 0.625. The van der Waals surface area contributed by atoms with E-state index in [1.54, 1.807) is 21.3 Å². The van der Waals surface area contributed by atoms with Gasteiger partial charge in [0.15, 0.2) is 0 Å². The molecule has 1 rings (SSSR count). The summed E-state index contributed by atoms with van der Waals surface area (Å²) in [5.41, 5.74) is 7.13. The van der Waals surface area contributed by atoms with Gasteiger partial charge in [-0.3, -0.25) is 4.90 Å². The van der Waals surface area contributed by atoms with Gasteiger partial charge in [0.25, 0.3) is 0 Å². The normalized spacial score (nSPS) is 14.0. The summed E-state index contributed by atoms with van der Waals surface area (Å²) in [6, 6.07) is 6.28. The number of rotatable bonds is 9. The molecule has 2 N–H and O–H groups in total. The summed E-state index contributed by atoms with van der Waals surface area (Å²) in [6.45, 7) is 6.37. The molecule has 1 aromatic carbocycles. The Bertz CT molecular complexity index is 404. The van der Waals surface area contributed by atoms with Crippen LogP contribution in [0.5, 0.6) is 11.5 Å². The molecule has 0 spiro atoms. The molecule has 120 valence electrons. The van der Waals surface area contributed by atoms with Gasteiger partial charge in [-0.15, -0.1) is 0 Å². The van der Waals surface area contributed by atoms with E-state index < -0.39 is 0 Å². The lowest BCUT2D eigenvalue weighted by Crippen LogP contribution is -2.42.